The number of carbonyl (C=O) groups is 1. The molecular weight excluding hydrogens is 408 g/mol. The number of amides is 1. The van der Waals surface area contributed by atoms with E-state index in [-0.39, 0.29) is 16.8 Å². The van der Waals surface area contributed by atoms with E-state index in [1.54, 1.807) is 56.5 Å². The number of benzene rings is 2. The van der Waals surface area contributed by atoms with E-state index >= 15 is 0 Å². The van der Waals surface area contributed by atoms with Crippen LogP contribution in [0.2, 0.25) is 0 Å². The average Bonchev–Trinajstić information content (AvgIpc) is 3.13. The van der Waals surface area contributed by atoms with Crippen molar-refractivity contribution in [2.24, 2.45) is 0 Å². The van der Waals surface area contributed by atoms with E-state index < -0.39 is 10.0 Å². The summed E-state index contributed by atoms with van der Waals surface area (Å²) in [5, 5.41) is 3.72. The molecule has 1 amide bonds. The largest absolute Gasteiger partial charge is 0.383 e. The first kappa shape index (κ1) is 21.3. The second-order valence-corrected chi connectivity index (χ2v) is 9.59. The standard InChI is InChI=1S/C21H24N2O4S2/c1-4-23(29(25,26)18-8-6-5-7-9-18)17-10-11-19-16(12-17)13-20(28-19)21(24)22-15(2)14-27-3/h5-13,15H,4,14H2,1-3H3,(H,22,24). The van der Waals surface area contributed by atoms with Crippen molar-refractivity contribution in [2.45, 2.75) is 24.8 Å². The first-order chi connectivity index (χ1) is 13.9. The molecule has 0 saturated heterocycles. The summed E-state index contributed by atoms with van der Waals surface area (Å²) in [5.41, 5.74) is 0.571. The van der Waals surface area contributed by atoms with Crippen LogP contribution in [0.4, 0.5) is 5.69 Å². The third-order valence-corrected chi connectivity index (χ3v) is 7.46. The molecule has 0 fully saturated rings. The lowest BCUT2D eigenvalue weighted by molar-refractivity contribution is 0.0909. The molecule has 0 radical (unpaired) electrons. The van der Waals surface area contributed by atoms with Crippen LogP contribution in [0.3, 0.4) is 0 Å². The third-order valence-electron chi connectivity index (χ3n) is 4.42. The fraction of sp³-hybridized carbons (Fsp3) is 0.286. The van der Waals surface area contributed by atoms with E-state index in [0.717, 1.165) is 10.1 Å². The van der Waals surface area contributed by atoms with Crippen molar-refractivity contribution in [3.63, 3.8) is 0 Å². The number of fused-ring (bicyclic) bond motifs is 1. The van der Waals surface area contributed by atoms with E-state index in [1.807, 2.05) is 19.1 Å². The minimum absolute atomic E-state index is 0.0973. The summed E-state index contributed by atoms with van der Waals surface area (Å²) >= 11 is 1.38. The van der Waals surface area contributed by atoms with Crippen molar-refractivity contribution in [3.8, 4) is 0 Å². The van der Waals surface area contributed by atoms with Gasteiger partial charge >= 0.3 is 0 Å². The zero-order chi connectivity index (χ0) is 21.0. The Labute approximate surface area is 175 Å². The molecule has 1 aromatic heterocycles. The highest BCUT2D eigenvalue weighted by atomic mass is 32.2. The number of rotatable bonds is 8. The van der Waals surface area contributed by atoms with Crippen molar-refractivity contribution in [3.05, 3.63) is 59.5 Å². The van der Waals surface area contributed by atoms with Gasteiger partial charge in [0.05, 0.1) is 22.1 Å². The number of nitrogens with zero attached hydrogens (tertiary/aromatic N) is 1. The maximum Gasteiger partial charge on any atom is 0.264 e. The molecule has 0 aliphatic heterocycles. The minimum Gasteiger partial charge on any atom is -0.383 e. The van der Waals surface area contributed by atoms with Crippen molar-refractivity contribution in [1.82, 2.24) is 5.32 Å². The van der Waals surface area contributed by atoms with Gasteiger partial charge in [0.2, 0.25) is 0 Å². The molecule has 1 atom stereocenters. The number of anilines is 1. The van der Waals surface area contributed by atoms with Gasteiger partial charge in [-0.3, -0.25) is 9.10 Å². The Morgan fingerprint density at radius 2 is 1.90 bits per heavy atom. The number of nitrogens with one attached hydrogen (secondary N) is 1. The number of hydrogen-bond donors (Lipinski definition) is 1. The zero-order valence-electron chi connectivity index (χ0n) is 16.6. The lowest BCUT2D eigenvalue weighted by Gasteiger charge is -2.23. The Balaban J connectivity index is 1.91. The molecule has 0 spiro atoms. The molecule has 6 nitrogen and oxygen atoms in total. The molecule has 0 saturated carbocycles. The summed E-state index contributed by atoms with van der Waals surface area (Å²) in [6.07, 6.45) is 0. The number of sulfonamides is 1. The van der Waals surface area contributed by atoms with Crippen molar-refractivity contribution in [2.75, 3.05) is 24.6 Å². The summed E-state index contributed by atoms with van der Waals surface area (Å²) in [5.74, 6) is -0.165. The molecule has 8 heteroatoms. The number of ether oxygens (including phenoxy) is 1. The van der Waals surface area contributed by atoms with Gasteiger partial charge in [-0.2, -0.15) is 0 Å². The topological polar surface area (TPSA) is 75.7 Å². The van der Waals surface area contributed by atoms with Crippen LogP contribution in [0, 0.1) is 0 Å². The third kappa shape index (κ3) is 4.60. The van der Waals surface area contributed by atoms with Gasteiger partial charge in [0, 0.05) is 24.4 Å². The van der Waals surface area contributed by atoms with Crippen LogP contribution in [0.5, 0.6) is 0 Å². The quantitative estimate of drug-likeness (QED) is 0.586. The van der Waals surface area contributed by atoms with Crippen LogP contribution in [0.25, 0.3) is 10.1 Å². The van der Waals surface area contributed by atoms with Gasteiger partial charge in [0.15, 0.2) is 0 Å². The van der Waals surface area contributed by atoms with E-state index in [4.69, 9.17) is 4.74 Å². The Bertz CT molecular complexity index is 1090. The normalized spacial score (nSPS) is 12.7. The van der Waals surface area contributed by atoms with Crippen LogP contribution < -0.4 is 9.62 Å². The number of carbonyl (C=O) groups excluding carboxylic acids is 1. The molecular formula is C21H24N2O4S2. The van der Waals surface area contributed by atoms with Crippen molar-refractivity contribution in [1.29, 1.82) is 0 Å². The molecule has 0 bridgehead atoms. The smallest absolute Gasteiger partial charge is 0.264 e. The first-order valence-electron chi connectivity index (χ1n) is 9.28. The fourth-order valence-corrected chi connectivity index (χ4v) is 5.53. The molecule has 0 aliphatic carbocycles. The highest BCUT2D eigenvalue weighted by Gasteiger charge is 2.24. The Morgan fingerprint density at radius 1 is 1.17 bits per heavy atom. The lowest BCUT2D eigenvalue weighted by atomic mass is 10.2. The van der Waals surface area contributed by atoms with Crippen LogP contribution in [-0.4, -0.2) is 40.6 Å². The predicted octanol–water partition coefficient (Wildman–Crippen LogP) is 3.88. The number of thiophene rings is 1. The highest BCUT2D eigenvalue weighted by molar-refractivity contribution is 7.92. The number of hydrogen-bond acceptors (Lipinski definition) is 5. The van der Waals surface area contributed by atoms with Gasteiger partial charge in [-0.25, -0.2) is 8.42 Å². The van der Waals surface area contributed by atoms with Gasteiger partial charge in [-0.15, -0.1) is 11.3 Å². The molecule has 2 aromatic carbocycles. The summed E-state index contributed by atoms with van der Waals surface area (Å²) in [7, 11) is -2.07. The van der Waals surface area contributed by atoms with Crippen LogP contribution in [0.15, 0.2) is 59.5 Å². The SMILES string of the molecule is CCN(c1ccc2sc(C(=O)NC(C)COC)cc2c1)S(=O)(=O)c1ccccc1. The molecule has 29 heavy (non-hydrogen) atoms. The summed E-state index contributed by atoms with van der Waals surface area (Å²) in [6, 6.07) is 15.5. The van der Waals surface area contributed by atoms with Crippen molar-refractivity contribution >= 4 is 43.0 Å². The fourth-order valence-electron chi connectivity index (χ4n) is 3.10. The average molecular weight is 433 g/mol. The van der Waals surface area contributed by atoms with Crippen LogP contribution >= 0.6 is 11.3 Å². The first-order valence-corrected chi connectivity index (χ1v) is 11.5. The van der Waals surface area contributed by atoms with E-state index in [1.165, 1.54) is 15.6 Å². The Hall–Kier alpha value is -2.42. The molecule has 1 N–H and O–H groups in total. The molecule has 1 heterocycles. The van der Waals surface area contributed by atoms with E-state index in [2.05, 4.69) is 5.32 Å². The van der Waals surface area contributed by atoms with E-state index in [0.29, 0.717) is 23.7 Å². The molecule has 154 valence electrons. The maximum atomic E-state index is 13.0. The van der Waals surface area contributed by atoms with Crippen LogP contribution in [0.1, 0.15) is 23.5 Å². The Morgan fingerprint density at radius 3 is 2.55 bits per heavy atom. The van der Waals surface area contributed by atoms with Gasteiger partial charge < -0.3 is 10.1 Å². The monoisotopic (exact) mass is 432 g/mol. The summed E-state index contributed by atoms with van der Waals surface area (Å²) < 4.78 is 33.4. The molecule has 3 rings (SSSR count). The van der Waals surface area contributed by atoms with Gasteiger partial charge in [0.1, 0.15) is 0 Å². The lowest BCUT2D eigenvalue weighted by Crippen LogP contribution is -2.35. The Kier molecular flexibility index (Phi) is 6.56. The molecule has 3 aromatic rings. The maximum absolute atomic E-state index is 13.0. The summed E-state index contributed by atoms with van der Waals surface area (Å²) in [4.78, 5) is 13.3. The highest BCUT2D eigenvalue weighted by Crippen LogP contribution is 2.31. The van der Waals surface area contributed by atoms with Gasteiger partial charge in [-0.1, -0.05) is 18.2 Å². The number of methoxy groups -OCH3 is 1. The second kappa shape index (κ2) is 8.94. The second-order valence-electron chi connectivity index (χ2n) is 6.65. The van der Waals surface area contributed by atoms with Gasteiger partial charge in [0.25, 0.3) is 15.9 Å². The zero-order valence-corrected chi connectivity index (χ0v) is 18.2. The summed E-state index contributed by atoms with van der Waals surface area (Å²) in [6.45, 7) is 4.41. The molecule has 0 aliphatic rings. The predicted molar refractivity (Wildman–Crippen MR) is 117 cm³/mol. The van der Waals surface area contributed by atoms with Crippen LogP contribution in [-0.2, 0) is 14.8 Å². The van der Waals surface area contributed by atoms with Crippen molar-refractivity contribution < 1.29 is 17.9 Å². The molecule has 1 unspecified atom stereocenters. The van der Waals surface area contributed by atoms with Gasteiger partial charge in [-0.05, 0) is 55.6 Å². The minimum atomic E-state index is -3.66. The van der Waals surface area contributed by atoms with E-state index in [9.17, 15) is 13.2 Å².